The standard InChI is InChI=1S/C14H23BO3Si/c1-14(12-18-19(2,3)4)10-16-15(17-11-14)13-8-6-5-7-9-13/h5-9H,10-12H2,1-4H3. The molecule has 1 aliphatic rings. The topological polar surface area (TPSA) is 27.7 Å². The zero-order valence-corrected chi connectivity index (χ0v) is 13.3. The summed E-state index contributed by atoms with van der Waals surface area (Å²) >= 11 is 0. The minimum absolute atomic E-state index is 0.0362. The van der Waals surface area contributed by atoms with Gasteiger partial charge in [-0.1, -0.05) is 37.3 Å². The molecular formula is C14H23BO3Si. The van der Waals surface area contributed by atoms with Gasteiger partial charge >= 0.3 is 7.12 Å². The molecule has 0 spiro atoms. The molecule has 1 aromatic carbocycles. The average molecular weight is 278 g/mol. The van der Waals surface area contributed by atoms with E-state index < -0.39 is 8.32 Å². The van der Waals surface area contributed by atoms with Gasteiger partial charge in [0.2, 0.25) is 0 Å². The van der Waals surface area contributed by atoms with Crippen LogP contribution in [0.2, 0.25) is 19.6 Å². The van der Waals surface area contributed by atoms with E-state index in [9.17, 15) is 0 Å². The predicted molar refractivity (Wildman–Crippen MR) is 81.1 cm³/mol. The fraction of sp³-hybridized carbons (Fsp3) is 0.571. The van der Waals surface area contributed by atoms with Crippen LogP contribution in [0.25, 0.3) is 0 Å². The summed E-state index contributed by atoms with van der Waals surface area (Å²) in [6, 6.07) is 10.1. The van der Waals surface area contributed by atoms with Crippen molar-refractivity contribution in [3.8, 4) is 0 Å². The number of benzene rings is 1. The van der Waals surface area contributed by atoms with E-state index in [0.29, 0.717) is 19.8 Å². The van der Waals surface area contributed by atoms with Crippen molar-refractivity contribution >= 4 is 20.9 Å². The highest BCUT2D eigenvalue weighted by molar-refractivity contribution is 6.69. The van der Waals surface area contributed by atoms with Crippen molar-refractivity contribution < 1.29 is 13.7 Å². The molecule has 0 N–H and O–H groups in total. The summed E-state index contributed by atoms with van der Waals surface area (Å²) < 4.78 is 17.7. The molecule has 1 heterocycles. The second kappa shape index (κ2) is 5.79. The zero-order chi connectivity index (χ0) is 13.9. The van der Waals surface area contributed by atoms with Crippen molar-refractivity contribution in [2.45, 2.75) is 26.6 Å². The molecule has 0 atom stereocenters. The highest BCUT2D eigenvalue weighted by Crippen LogP contribution is 2.24. The van der Waals surface area contributed by atoms with E-state index in [-0.39, 0.29) is 12.5 Å². The van der Waals surface area contributed by atoms with Crippen LogP contribution in [0.15, 0.2) is 30.3 Å². The van der Waals surface area contributed by atoms with Crippen molar-refractivity contribution in [1.82, 2.24) is 0 Å². The molecule has 0 radical (unpaired) electrons. The first-order valence-corrected chi connectivity index (χ1v) is 10.2. The molecular weight excluding hydrogens is 255 g/mol. The van der Waals surface area contributed by atoms with Crippen molar-refractivity contribution in [3.63, 3.8) is 0 Å². The van der Waals surface area contributed by atoms with Crippen molar-refractivity contribution in [3.05, 3.63) is 30.3 Å². The summed E-state index contributed by atoms with van der Waals surface area (Å²) in [5.74, 6) is 0. The second-order valence-corrected chi connectivity index (χ2v) is 11.1. The van der Waals surface area contributed by atoms with Crippen LogP contribution in [0.3, 0.4) is 0 Å². The van der Waals surface area contributed by atoms with Gasteiger partial charge < -0.3 is 13.7 Å². The largest absolute Gasteiger partial charge is 0.493 e. The summed E-state index contributed by atoms with van der Waals surface area (Å²) in [7, 11) is -1.72. The molecule has 1 aliphatic heterocycles. The SMILES string of the molecule is CC1(CO[Si](C)(C)C)COB(c2ccccc2)OC1. The maximum absolute atomic E-state index is 5.99. The van der Waals surface area contributed by atoms with Gasteiger partial charge in [-0.15, -0.1) is 0 Å². The van der Waals surface area contributed by atoms with Gasteiger partial charge in [-0.2, -0.15) is 0 Å². The van der Waals surface area contributed by atoms with Crippen LogP contribution >= 0.6 is 0 Å². The third-order valence-corrected chi connectivity index (χ3v) is 4.10. The lowest BCUT2D eigenvalue weighted by Gasteiger charge is -2.37. The lowest BCUT2D eigenvalue weighted by atomic mass is 9.76. The molecule has 2 rings (SSSR count). The number of hydrogen-bond acceptors (Lipinski definition) is 3. The van der Waals surface area contributed by atoms with Gasteiger partial charge in [0.15, 0.2) is 8.32 Å². The fourth-order valence-electron chi connectivity index (χ4n) is 1.92. The summed E-state index contributed by atoms with van der Waals surface area (Å²) in [5, 5.41) is 0. The van der Waals surface area contributed by atoms with E-state index in [4.69, 9.17) is 13.7 Å². The predicted octanol–water partition coefficient (Wildman–Crippen LogP) is 2.29. The maximum atomic E-state index is 5.99. The van der Waals surface area contributed by atoms with Gasteiger partial charge in [-0.3, -0.25) is 0 Å². The molecule has 104 valence electrons. The maximum Gasteiger partial charge on any atom is 0.493 e. The van der Waals surface area contributed by atoms with Crippen LogP contribution in [-0.2, 0) is 13.7 Å². The molecule has 3 nitrogen and oxygen atoms in total. The first-order chi connectivity index (χ1) is 8.88. The van der Waals surface area contributed by atoms with Gasteiger partial charge in [0, 0.05) is 25.2 Å². The van der Waals surface area contributed by atoms with Crippen molar-refractivity contribution in [1.29, 1.82) is 0 Å². The Labute approximate surface area is 117 Å². The molecule has 1 aromatic rings. The molecule has 0 unspecified atom stereocenters. The first kappa shape index (κ1) is 14.8. The summed E-state index contributed by atoms with van der Waals surface area (Å²) in [4.78, 5) is 0. The van der Waals surface area contributed by atoms with Crippen LogP contribution in [0, 0.1) is 5.41 Å². The Hall–Kier alpha value is -0.618. The van der Waals surface area contributed by atoms with Crippen LogP contribution in [0.4, 0.5) is 0 Å². The quantitative estimate of drug-likeness (QED) is 0.791. The normalized spacial score (nSPS) is 19.5. The summed E-state index contributed by atoms with van der Waals surface area (Å²) in [6.07, 6.45) is 0. The highest BCUT2D eigenvalue weighted by atomic mass is 28.4. The molecule has 0 bridgehead atoms. The molecule has 1 saturated heterocycles. The first-order valence-electron chi connectivity index (χ1n) is 6.80. The zero-order valence-electron chi connectivity index (χ0n) is 12.3. The van der Waals surface area contributed by atoms with Crippen LogP contribution in [-0.4, -0.2) is 35.3 Å². The molecule has 0 amide bonds. The van der Waals surface area contributed by atoms with E-state index in [0.717, 1.165) is 5.46 Å². The molecule has 1 fully saturated rings. The smallest absolute Gasteiger partial charge is 0.417 e. The number of hydrogen-bond donors (Lipinski definition) is 0. The Morgan fingerprint density at radius 1 is 1.16 bits per heavy atom. The second-order valence-electron chi connectivity index (χ2n) is 6.58. The van der Waals surface area contributed by atoms with Crippen molar-refractivity contribution in [2.24, 2.45) is 5.41 Å². The van der Waals surface area contributed by atoms with Gasteiger partial charge in [0.25, 0.3) is 0 Å². The molecule has 0 aromatic heterocycles. The number of rotatable bonds is 4. The minimum atomic E-state index is -1.48. The Morgan fingerprint density at radius 3 is 2.26 bits per heavy atom. The lowest BCUT2D eigenvalue weighted by molar-refractivity contribution is -0.00963. The van der Waals surface area contributed by atoms with Crippen LogP contribution in [0.5, 0.6) is 0 Å². The van der Waals surface area contributed by atoms with Gasteiger partial charge in [0.05, 0.1) is 0 Å². The van der Waals surface area contributed by atoms with Crippen molar-refractivity contribution in [2.75, 3.05) is 19.8 Å². The molecule has 19 heavy (non-hydrogen) atoms. The Balaban J connectivity index is 1.88. The summed E-state index contributed by atoms with van der Waals surface area (Å²) in [5.41, 5.74) is 1.04. The van der Waals surface area contributed by atoms with E-state index >= 15 is 0 Å². The van der Waals surface area contributed by atoms with Crippen LogP contribution < -0.4 is 5.46 Å². The van der Waals surface area contributed by atoms with Gasteiger partial charge in [0.1, 0.15) is 0 Å². The average Bonchev–Trinajstić information content (AvgIpc) is 2.38. The molecule has 0 aliphatic carbocycles. The van der Waals surface area contributed by atoms with Gasteiger partial charge in [-0.25, -0.2) is 0 Å². The summed E-state index contributed by atoms with van der Waals surface area (Å²) in [6.45, 7) is 10.8. The third-order valence-electron chi connectivity index (χ3n) is 3.09. The lowest BCUT2D eigenvalue weighted by Crippen LogP contribution is -2.51. The van der Waals surface area contributed by atoms with E-state index in [1.165, 1.54) is 0 Å². The van der Waals surface area contributed by atoms with E-state index in [2.05, 4.69) is 26.6 Å². The molecule has 5 heteroatoms. The molecule has 0 saturated carbocycles. The third kappa shape index (κ3) is 4.46. The fourth-order valence-corrected chi connectivity index (χ4v) is 2.70. The Morgan fingerprint density at radius 2 is 1.74 bits per heavy atom. The highest BCUT2D eigenvalue weighted by Gasteiger charge is 2.37. The van der Waals surface area contributed by atoms with E-state index in [1.54, 1.807) is 0 Å². The van der Waals surface area contributed by atoms with Gasteiger partial charge in [-0.05, 0) is 25.1 Å². The van der Waals surface area contributed by atoms with E-state index in [1.807, 2.05) is 30.3 Å². The minimum Gasteiger partial charge on any atom is -0.417 e. The Kier molecular flexibility index (Phi) is 4.51. The Bertz CT molecular complexity index is 397. The van der Waals surface area contributed by atoms with Crippen LogP contribution in [0.1, 0.15) is 6.92 Å². The monoisotopic (exact) mass is 278 g/mol.